The summed E-state index contributed by atoms with van der Waals surface area (Å²) in [5.41, 5.74) is 2.61. The van der Waals surface area contributed by atoms with Crippen molar-refractivity contribution in [2.24, 2.45) is 0 Å². The van der Waals surface area contributed by atoms with Crippen molar-refractivity contribution in [3.8, 4) is 11.3 Å². The molecule has 0 atom stereocenters. The number of carbonyl (C=O) groups excluding carboxylic acids is 2. The van der Waals surface area contributed by atoms with Crippen LogP contribution in [0.15, 0.2) is 53.1 Å². The first-order chi connectivity index (χ1) is 15.2. The Kier molecular flexibility index (Phi) is 5.63. The van der Waals surface area contributed by atoms with Crippen LogP contribution in [0.2, 0.25) is 5.02 Å². The third kappa shape index (κ3) is 4.04. The van der Waals surface area contributed by atoms with Crippen LogP contribution in [0.5, 0.6) is 0 Å². The van der Waals surface area contributed by atoms with E-state index in [0.29, 0.717) is 27.9 Å². The largest absolute Gasteiger partial charge is 0.345 e. The fourth-order valence-corrected chi connectivity index (χ4v) is 3.41. The summed E-state index contributed by atoms with van der Waals surface area (Å²) in [4.78, 5) is 31.4. The molecule has 9 heteroatoms. The number of benzene rings is 2. The molecule has 4 rings (SSSR count). The number of amides is 2. The molecule has 7 nitrogen and oxygen atoms in total. The number of pyridine rings is 1. The molecule has 0 unspecified atom stereocenters. The van der Waals surface area contributed by atoms with Gasteiger partial charge in [0.15, 0.2) is 0 Å². The van der Waals surface area contributed by atoms with Gasteiger partial charge in [0.2, 0.25) is 0 Å². The van der Waals surface area contributed by atoms with E-state index in [0.717, 1.165) is 0 Å². The van der Waals surface area contributed by atoms with Crippen LogP contribution in [-0.4, -0.2) is 41.0 Å². The van der Waals surface area contributed by atoms with Crippen LogP contribution in [0.3, 0.4) is 0 Å². The Morgan fingerprint density at radius 1 is 1.09 bits per heavy atom. The summed E-state index contributed by atoms with van der Waals surface area (Å²) in [5.74, 6) is -1.09. The van der Waals surface area contributed by atoms with Gasteiger partial charge in [-0.2, -0.15) is 0 Å². The molecule has 0 fully saturated rings. The molecule has 2 amide bonds. The molecule has 0 saturated carbocycles. The zero-order valence-corrected chi connectivity index (χ0v) is 18.2. The summed E-state index contributed by atoms with van der Waals surface area (Å²) < 4.78 is 18.6. The Morgan fingerprint density at radius 2 is 1.81 bits per heavy atom. The van der Waals surface area contributed by atoms with Gasteiger partial charge in [0, 0.05) is 25.2 Å². The topological polar surface area (TPSA) is 88.3 Å². The number of fused-ring (bicyclic) bond motifs is 1. The Hall–Kier alpha value is -3.78. The number of carbonyl (C=O) groups is 2. The molecule has 0 bridgehead atoms. The summed E-state index contributed by atoms with van der Waals surface area (Å²) in [6, 6.07) is 12.0. The molecule has 4 aromatic rings. The van der Waals surface area contributed by atoms with E-state index < -0.39 is 5.91 Å². The number of nitrogens with zero attached hydrogens (tertiary/aromatic N) is 3. The quantitative estimate of drug-likeness (QED) is 0.473. The van der Waals surface area contributed by atoms with Crippen LogP contribution in [-0.2, 0) is 0 Å². The first-order valence-electron chi connectivity index (χ1n) is 9.60. The molecule has 0 radical (unpaired) electrons. The van der Waals surface area contributed by atoms with Gasteiger partial charge < -0.3 is 14.7 Å². The van der Waals surface area contributed by atoms with E-state index in [1.807, 2.05) is 0 Å². The van der Waals surface area contributed by atoms with E-state index in [4.69, 9.17) is 16.1 Å². The minimum absolute atomic E-state index is 0.178. The highest BCUT2D eigenvalue weighted by atomic mass is 35.5. The zero-order valence-electron chi connectivity index (χ0n) is 17.4. The lowest BCUT2D eigenvalue weighted by atomic mass is 10.0. The number of hydrogen-bond acceptors (Lipinski definition) is 5. The maximum atomic E-state index is 13.3. The molecule has 2 aromatic carbocycles. The molecule has 162 valence electrons. The minimum atomic E-state index is -0.483. The van der Waals surface area contributed by atoms with Crippen molar-refractivity contribution >= 4 is 40.2 Å². The monoisotopic (exact) mass is 452 g/mol. The van der Waals surface area contributed by atoms with Crippen LogP contribution in [0.1, 0.15) is 26.4 Å². The molecule has 2 aromatic heterocycles. The maximum Gasteiger partial charge on any atom is 0.259 e. The van der Waals surface area contributed by atoms with Gasteiger partial charge in [-0.15, -0.1) is 0 Å². The van der Waals surface area contributed by atoms with Gasteiger partial charge in [0.05, 0.1) is 33.0 Å². The summed E-state index contributed by atoms with van der Waals surface area (Å²) in [6.45, 7) is 1.70. The fraction of sp³-hybridized carbons (Fsp3) is 0.130. The van der Waals surface area contributed by atoms with Gasteiger partial charge in [0.25, 0.3) is 17.5 Å². The summed E-state index contributed by atoms with van der Waals surface area (Å²) in [7, 11) is 3.27. The van der Waals surface area contributed by atoms with Crippen molar-refractivity contribution < 1.29 is 18.5 Å². The lowest BCUT2D eigenvalue weighted by Gasteiger charge is -2.13. The van der Waals surface area contributed by atoms with Crippen molar-refractivity contribution in [1.82, 2.24) is 15.0 Å². The van der Waals surface area contributed by atoms with Crippen LogP contribution in [0.25, 0.3) is 22.4 Å². The van der Waals surface area contributed by atoms with Crippen LogP contribution in [0, 0.1) is 12.7 Å². The van der Waals surface area contributed by atoms with Crippen LogP contribution >= 0.6 is 11.6 Å². The van der Waals surface area contributed by atoms with Gasteiger partial charge >= 0.3 is 0 Å². The highest BCUT2D eigenvalue weighted by Crippen LogP contribution is 2.29. The minimum Gasteiger partial charge on any atom is -0.345 e. The van der Waals surface area contributed by atoms with Crippen molar-refractivity contribution in [3.05, 3.63) is 76.2 Å². The molecule has 0 aliphatic rings. The fourth-order valence-electron chi connectivity index (χ4n) is 3.24. The van der Waals surface area contributed by atoms with E-state index in [1.54, 1.807) is 51.4 Å². The van der Waals surface area contributed by atoms with Crippen molar-refractivity contribution in [2.45, 2.75) is 6.92 Å². The summed E-state index contributed by atoms with van der Waals surface area (Å²) >= 11 is 6.26. The normalized spacial score (nSPS) is 10.9. The average molecular weight is 453 g/mol. The molecule has 2 heterocycles. The highest BCUT2D eigenvalue weighted by molar-refractivity contribution is 6.34. The van der Waals surface area contributed by atoms with E-state index in [1.165, 1.54) is 23.1 Å². The van der Waals surface area contributed by atoms with E-state index in [9.17, 15) is 14.0 Å². The predicted molar refractivity (Wildman–Crippen MR) is 119 cm³/mol. The predicted octanol–water partition coefficient (Wildman–Crippen LogP) is 4.94. The van der Waals surface area contributed by atoms with Crippen molar-refractivity contribution in [2.75, 3.05) is 19.4 Å². The number of hydrogen-bond donors (Lipinski definition) is 1. The SMILES string of the molecule is Cc1noc2nc(-c3ccc(F)cc3)cc(C(=O)Nc3cc(C(=O)N(C)C)ccc3Cl)c12. The van der Waals surface area contributed by atoms with Gasteiger partial charge in [-0.3, -0.25) is 9.59 Å². The summed E-state index contributed by atoms with van der Waals surface area (Å²) in [6.07, 6.45) is 0. The van der Waals surface area contributed by atoms with E-state index in [2.05, 4.69) is 15.5 Å². The number of aromatic nitrogens is 2. The van der Waals surface area contributed by atoms with Gasteiger partial charge in [0.1, 0.15) is 5.82 Å². The third-order valence-corrected chi connectivity index (χ3v) is 5.20. The maximum absolute atomic E-state index is 13.3. The second kappa shape index (κ2) is 8.39. The molecule has 0 aliphatic heterocycles. The smallest absolute Gasteiger partial charge is 0.259 e. The van der Waals surface area contributed by atoms with Gasteiger partial charge in [-0.1, -0.05) is 16.8 Å². The second-order valence-electron chi connectivity index (χ2n) is 7.36. The number of rotatable bonds is 4. The van der Waals surface area contributed by atoms with E-state index in [-0.39, 0.29) is 33.7 Å². The lowest BCUT2D eigenvalue weighted by Crippen LogP contribution is -2.22. The number of halogens is 2. The first kappa shape index (κ1) is 21.5. The Balaban J connectivity index is 1.77. The zero-order chi connectivity index (χ0) is 23.0. The Bertz CT molecular complexity index is 1350. The van der Waals surface area contributed by atoms with Gasteiger partial charge in [-0.25, -0.2) is 9.37 Å². The van der Waals surface area contributed by atoms with Crippen LogP contribution in [0.4, 0.5) is 10.1 Å². The molecule has 0 saturated heterocycles. The second-order valence-corrected chi connectivity index (χ2v) is 7.77. The lowest BCUT2D eigenvalue weighted by molar-refractivity contribution is 0.0827. The average Bonchev–Trinajstić information content (AvgIpc) is 3.15. The first-order valence-corrected chi connectivity index (χ1v) is 9.98. The van der Waals surface area contributed by atoms with Gasteiger partial charge in [-0.05, 0) is 55.5 Å². The molecule has 32 heavy (non-hydrogen) atoms. The van der Waals surface area contributed by atoms with Crippen molar-refractivity contribution in [3.63, 3.8) is 0 Å². The third-order valence-electron chi connectivity index (χ3n) is 4.87. The molecular weight excluding hydrogens is 435 g/mol. The highest BCUT2D eigenvalue weighted by Gasteiger charge is 2.21. The van der Waals surface area contributed by atoms with Crippen LogP contribution < -0.4 is 5.32 Å². The van der Waals surface area contributed by atoms with E-state index >= 15 is 0 Å². The number of nitrogens with one attached hydrogen (secondary N) is 1. The molecule has 0 aliphatic carbocycles. The Morgan fingerprint density at radius 3 is 2.50 bits per heavy atom. The standard InChI is InChI=1S/C23H18ClFN4O3/c1-12-20-16(11-18(27-22(20)32-28-12)13-4-7-15(25)8-5-13)21(30)26-19-10-14(6-9-17(19)24)23(31)29(2)3/h4-11H,1-3H3,(H,26,30). The molecular formula is C23H18ClFN4O3. The summed E-state index contributed by atoms with van der Waals surface area (Å²) in [5, 5.41) is 7.40. The number of aryl methyl sites for hydroxylation is 1. The molecule has 0 spiro atoms. The van der Waals surface area contributed by atoms with Crippen molar-refractivity contribution in [1.29, 1.82) is 0 Å². The number of anilines is 1. The Labute approximate surface area is 187 Å². The molecule has 1 N–H and O–H groups in total.